The van der Waals surface area contributed by atoms with Crippen molar-refractivity contribution in [3.63, 3.8) is 0 Å². The Morgan fingerprint density at radius 1 is 1.16 bits per heavy atom. The van der Waals surface area contributed by atoms with Crippen molar-refractivity contribution in [2.24, 2.45) is 5.92 Å². The molecule has 2 aliphatic rings. The molecule has 2 aromatic rings. The number of ether oxygens (including phenoxy) is 1. The molecule has 0 N–H and O–H groups in total. The lowest BCUT2D eigenvalue weighted by Crippen LogP contribution is -2.65. The number of carbonyl (C=O) groups excluding carboxylic acids is 1. The van der Waals surface area contributed by atoms with E-state index in [4.69, 9.17) is 14.8 Å². The number of piperidine rings is 1. The maximum absolute atomic E-state index is 13.6. The minimum absolute atomic E-state index is 0.0352. The average molecular weight is 441 g/mol. The number of methoxy groups -OCH3 is 1. The first-order valence-corrected chi connectivity index (χ1v) is 12.4. The topological polar surface area (TPSA) is 59.7 Å². The molecule has 1 aliphatic heterocycles. The molecule has 1 saturated carbocycles. The zero-order valence-corrected chi connectivity index (χ0v) is 20.8. The number of rotatable bonds is 5. The fourth-order valence-electron chi connectivity index (χ4n) is 5.65. The van der Waals surface area contributed by atoms with E-state index in [2.05, 4.69) is 40.7 Å². The molecule has 2 aromatic heterocycles. The van der Waals surface area contributed by atoms with E-state index in [0.717, 1.165) is 48.8 Å². The van der Waals surface area contributed by atoms with Gasteiger partial charge in [0.25, 0.3) is 5.91 Å². The lowest BCUT2D eigenvalue weighted by molar-refractivity contribution is -0.124. The molecule has 6 nitrogen and oxygen atoms in total. The van der Waals surface area contributed by atoms with Crippen molar-refractivity contribution in [3.05, 3.63) is 29.2 Å². The smallest absolute Gasteiger partial charge is 0.274 e. The van der Waals surface area contributed by atoms with Crippen LogP contribution in [0.4, 0.5) is 0 Å². The molecule has 32 heavy (non-hydrogen) atoms. The van der Waals surface area contributed by atoms with E-state index in [-0.39, 0.29) is 11.5 Å². The minimum Gasteiger partial charge on any atom is -0.376 e. The van der Waals surface area contributed by atoms with Crippen molar-refractivity contribution in [1.82, 2.24) is 19.5 Å². The second-order valence-corrected chi connectivity index (χ2v) is 10.9. The molecule has 6 heteroatoms. The molecule has 1 amide bonds. The highest BCUT2D eigenvalue weighted by atomic mass is 16.5. The normalized spacial score (nSPS) is 24.4. The van der Waals surface area contributed by atoms with Crippen molar-refractivity contribution in [3.8, 4) is 0 Å². The first kappa shape index (κ1) is 23.2. The first-order valence-electron chi connectivity index (χ1n) is 12.4. The Morgan fingerprint density at radius 2 is 1.88 bits per heavy atom. The summed E-state index contributed by atoms with van der Waals surface area (Å²) in [5.41, 5.74) is 2.72. The SMILES string of the molecule is COC1(C)CCCN(C(=O)c2cc3nc(CC4CCCCC4)cc(C(C)C)n3n2)C1(C)C. The largest absolute Gasteiger partial charge is 0.376 e. The van der Waals surface area contributed by atoms with Gasteiger partial charge in [-0.1, -0.05) is 46.0 Å². The molecule has 0 bridgehead atoms. The van der Waals surface area contributed by atoms with Crippen molar-refractivity contribution >= 4 is 11.6 Å². The standard InChI is InChI=1S/C26H40N4O2/c1-18(2)22-16-20(15-19-11-8-7-9-12-19)27-23-17-21(28-30(22)23)24(31)29-14-10-13-26(5,32-6)25(29,3)4/h16-19H,7-15H2,1-6H3. The molecule has 3 heterocycles. The lowest BCUT2D eigenvalue weighted by Gasteiger charge is -2.53. The van der Waals surface area contributed by atoms with E-state index in [9.17, 15) is 4.79 Å². The molecular weight excluding hydrogens is 400 g/mol. The van der Waals surface area contributed by atoms with Crippen LogP contribution in [0.1, 0.15) is 107 Å². The van der Waals surface area contributed by atoms with Crippen LogP contribution < -0.4 is 0 Å². The zero-order valence-electron chi connectivity index (χ0n) is 20.8. The molecule has 1 unspecified atom stereocenters. The Kier molecular flexibility index (Phi) is 6.36. The number of likely N-dealkylation sites (tertiary alicyclic amines) is 1. The predicted octanol–water partition coefficient (Wildman–Crippen LogP) is 5.40. The van der Waals surface area contributed by atoms with Crippen LogP contribution in [0.15, 0.2) is 12.1 Å². The van der Waals surface area contributed by atoms with Crippen molar-refractivity contribution in [1.29, 1.82) is 0 Å². The van der Waals surface area contributed by atoms with E-state index in [1.165, 1.54) is 32.1 Å². The Bertz CT molecular complexity index is 974. The number of nitrogens with zero attached hydrogens (tertiary/aromatic N) is 4. The summed E-state index contributed by atoms with van der Waals surface area (Å²) < 4.78 is 7.76. The molecule has 2 fully saturated rings. The van der Waals surface area contributed by atoms with Crippen LogP contribution in [0.2, 0.25) is 0 Å². The molecule has 4 rings (SSSR count). The van der Waals surface area contributed by atoms with Crippen LogP contribution in [0.25, 0.3) is 5.65 Å². The molecule has 176 valence electrons. The van der Waals surface area contributed by atoms with Gasteiger partial charge in [-0.25, -0.2) is 9.50 Å². The summed E-state index contributed by atoms with van der Waals surface area (Å²) in [6.07, 6.45) is 9.52. The van der Waals surface area contributed by atoms with Crippen LogP contribution in [-0.4, -0.2) is 50.2 Å². The highest BCUT2D eigenvalue weighted by Gasteiger charge is 2.50. The fourth-order valence-corrected chi connectivity index (χ4v) is 5.65. The highest BCUT2D eigenvalue weighted by molar-refractivity contribution is 5.94. The number of fused-ring (bicyclic) bond motifs is 1. The van der Waals surface area contributed by atoms with Gasteiger partial charge in [0.1, 0.15) is 0 Å². The van der Waals surface area contributed by atoms with E-state index >= 15 is 0 Å². The molecule has 0 radical (unpaired) electrons. The molecule has 1 aliphatic carbocycles. The molecule has 1 atom stereocenters. The summed E-state index contributed by atoms with van der Waals surface area (Å²) in [5.74, 6) is 0.993. The first-order chi connectivity index (χ1) is 15.2. The van der Waals surface area contributed by atoms with Crippen LogP contribution in [0.5, 0.6) is 0 Å². The van der Waals surface area contributed by atoms with E-state index in [0.29, 0.717) is 11.6 Å². The molecule has 0 spiro atoms. The molecule has 1 saturated heterocycles. The summed E-state index contributed by atoms with van der Waals surface area (Å²) in [7, 11) is 1.74. The number of carbonyl (C=O) groups is 1. The van der Waals surface area contributed by atoms with E-state index in [1.54, 1.807) is 7.11 Å². The summed E-state index contributed by atoms with van der Waals surface area (Å²) >= 11 is 0. The van der Waals surface area contributed by atoms with Gasteiger partial charge in [-0.3, -0.25) is 4.79 Å². The Hall–Kier alpha value is -1.95. The van der Waals surface area contributed by atoms with Crippen molar-refractivity contribution < 1.29 is 9.53 Å². The second kappa shape index (κ2) is 8.77. The van der Waals surface area contributed by atoms with Crippen LogP contribution >= 0.6 is 0 Å². The van der Waals surface area contributed by atoms with Gasteiger partial charge < -0.3 is 9.64 Å². The monoisotopic (exact) mass is 440 g/mol. The van der Waals surface area contributed by atoms with Gasteiger partial charge in [-0.2, -0.15) is 5.10 Å². The molecular formula is C26H40N4O2. The van der Waals surface area contributed by atoms with Crippen molar-refractivity contribution in [2.45, 2.75) is 103 Å². The summed E-state index contributed by atoms with van der Waals surface area (Å²) in [6.45, 7) is 11.4. The average Bonchev–Trinajstić information content (AvgIpc) is 3.19. The van der Waals surface area contributed by atoms with Crippen molar-refractivity contribution in [2.75, 3.05) is 13.7 Å². The predicted molar refractivity (Wildman–Crippen MR) is 127 cm³/mol. The Labute approximate surface area is 192 Å². The quantitative estimate of drug-likeness (QED) is 0.625. The summed E-state index contributed by atoms with van der Waals surface area (Å²) in [6, 6.07) is 4.09. The van der Waals surface area contributed by atoms with Crippen LogP contribution in [0.3, 0.4) is 0 Å². The summed E-state index contributed by atoms with van der Waals surface area (Å²) in [5, 5.41) is 4.76. The maximum atomic E-state index is 13.6. The third-order valence-corrected chi connectivity index (χ3v) is 8.24. The highest BCUT2D eigenvalue weighted by Crippen LogP contribution is 2.40. The number of amides is 1. The Balaban J connectivity index is 1.67. The third-order valence-electron chi connectivity index (χ3n) is 8.24. The van der Waals surface area contributed by atoms with Crippen LogP contribution in [-0.2, 0) is 11.2 Å². The van der Waals surface area contributed by atoms with E-state index < -0.39 is 5.54 Å². The Morgan fingerprint density at radius 3 is 2.53 bits per heavy atom. The van der Waals surface area contributed by atoms with Gasteiger partial charge in [0, 0.05) is 31.1 Å². The lowest BCUT2D eigenvalue weighted by atomic mass is 9.75. The van der Waals surface area contributed by atoms with Gasteiger partial charge in [-0.05, 0) is 57.9 Å². The zero-order chi connectivity index (χ0) is 23.1. The number of aromatic nitrogens is 3. The van der Waals surface area contributed by atoms with Gasteiger partial charge in [0.2, 0.25) is 0 Å². The van der Waals surface area contributed by atoms with Gasteiger partial charge in [0.15, 0.2) is 11.3 Å². The minimum atomic E-state index is -0.423. The summed E-state index contributed by atoms with van der Waals surface area (Å²) in [4.78, 5) is 20.5. The van der Waals surface area contributed by atoms with E-state index in [1.807, 2.05) is 15.5 Å². The number of hydrogen-bond donors (Lipinski definition) is 0. The fraction of sp³-hybridized carbons (Fsp3) is 0.731. The van der Waals surface area contributed by atoms with Gasteiger partial charge >= 0.3 is 0 Å². The third kappa shape index (κ3) is 4.07. The van der Waals surface area contributed by atoms with Gasteiger partial charge in [-0.15, -0.1) is 0 Å². The molecule has 0 aromatic carbocycles. The maximum Gasteiger partial charge on any atom is 0.274 e. The van der Waals surface area contributed by atoms with Crippen LogP contribution in [0, 0.1) is 5.92 Å². The second-order valence-electron chi connectivity index (χ2n) is 10.9. The number of hydrogen-bond acceptors (Lipinski definition) is 4. The van der Waals surface area contributed by atoms with Gasteiger partial charge in [0.05, 0.1) is 11.1 Å².